The fourth-order valence-corrected chi connectivity index (χ4v) is 4.63. The van der Waals surface area contributed by atoms with E-state index in [2.05, 4.69) is 15.3 Å². The van der Waals surface area contributed by atoms with Crippen molar-refractivity contribution in [2.75, 3.05) is 0 Å². The standard InChI is InChI=1S/C25H18Cl2F2N4O2/c26-16-6-15-8-21(31-23(15)30-10-16)24(34)32-22(7-13-4-5-17(28)9-20(13)29)25(35)33-11-14-2-1-3-19(27)18(14)12-33/h1-6,8-10,22H,7,11-12H2,(H,30,31)(H,32,34)/t22-/m0/s1. The highest BCUT2D eigenvalue weighted by atomic mass is 35.5. The normalized spacial score (nSPS) is 13.7. The summed E-state index contributed by atoms with van der Waals surface area (Å²) < 4.78 is 27.9. The van der Waals surface area contributed by atoms with Gasteiger partial charge in [0.15, 0.2) is 0 Å². The number of carbonyl (C=O) groups excluding carboxylic acids is 2. The first-order valence-electron chi connectivity index (χ1n) is 10.7. The van der Waals surface area contributed by atoms with E-state index in [4.69, 9.17) is 23.2 Å². The van der Waals surface area contributed by atoms with Crippen LogP contribution in [0.3, 0.4) is 0 Å². The molecule has 0 spiro atoms. The van der Waals surface area contributed by atoms with Crippen LogP contribution in [0, 0.1) is 11.6 Å². The van der Waals surface area contributed by atoms with E-state index >= 15 is 0 Å². The summed E-state index contributed by atoms with van der Waals surface area (Å²) in [5.74, 6) is -2.51. The van der Waals surface area contributed by atoms with Gasteiger partial charge in [0.1, 0.15) is 29.0 Å². The molecule has 0 radical (unpaired) electrons. The lowest BCUT2D eigenvalue weighted by Crippen LogP contribution is -2.48. The Morgan fingerprint density at radius 1 is 1.11 bits per heavy atom. The Labute approximate surface area is 208 Å². The molecule has 0 fully saturated rings. The maximum atomic E-state index is 14.4. The van der Waals surface area contributed by atoms with Gasteiger partial charge in [0.2, 0.25) is 5.91 Å². The quantitative estimate of drug-likeness (QED) is 0.392. The van der Waals surface area contributed by atoms with Gasteiger partial charge in [-0.05, 0) is 41.0 Å². The van der Waals surface area contributed by atoms with E-state index < -0.39 is 29.5 Å². The molecule has 0 bridgehead atoms. The Bertz CT molecular complexity index is 1470. The van der Waals surface area contributed by atoms with Crippen molar-refractivity contribution in [3.05, 3.63) is 98.8 Å². The number of pyridine rings is 1. The van der Waals surface area contributed by atoms with Crippen LogP contribution in [-0.2, 0) is 24.3 Å². The number of hydrogen-bond donors (Lipinski definition) is 2. The van der Waals surface area contributed by atoms with Crippen molar-refractivity contribution in [1.29, 1.82) is 0 Å². The van der Waals surface area contributed by atoms with Crippen molar-refractivity contribution in [3.8, 4) is 0 Å². The van der Waals surface area contributed by atoms with Gasteiger partial charge in [-0.3, -0.25) is 9.59 Å². The summed E-state index contributed by atoms with van der Waals surface area (Å²) in [6, 6.07) is 10.7. The maximum absolute atomic E-state index is 14.4. The second-order valence-electron chi connectivity index (χ2n) is 8.31. The fraction of sp³-hybridized carbons (Fsp3) is 0.160. The Morgan fingerprint density at radius 3 is 2.71 bits per heavy atom. The van der Waals surface area contributed by atoms with Gasteiger partial charge in [0.05, 0.1) is 5.02 Å². The first-order valence-corrected chi connectivity index (χ1v) is 11.5. The number of hydrogen-bond acceptors (Lipinski definition) is 3. The molecule has 0 unspecified atom stereocenters. The van der Waals surface area contributed by atoms with Crippen LogP contribution in [0.25, 0.3) is 11.0 Å². The zero-order valence-electron chi connectivity index (χ0n) is 18.1. The minimum absolute atomic E-state index is 0.102. The summed E-state index contributed by atoms with van der Waals surface area (Å²) in [5, 5.41) is 4.29. The Balaban J connectivity index is 1.42. The highest BCUT2D eigenvalue weighted by Crippen LogP contribution is 2.30. The summed E-state index contributed by atoms with van der Waals surface area (Å²) in [6.45, 7) is 0.572. The number of fused-ring (bicyclic) bond motifs is 2. The molecule has 3 heterocycles. The summed E-state index contributed by atoms with van der Waals surface area (Å²) in [5.41, 5.74) is 2.46. The lowest BCUT2D eigenvalue weighted by molar-refractivity contribution is -0.133. The van der Waals surface area contributed by atoms with Gasteiger partial charge in [-0.2, -0.15) is 0 Å². The van der Waals surface area contributed by atoms with Gasteiger partial charge < -0.3 is 15.2 Å². The molecule has 5 rings (SSSR count). The average Bonchev–Trinajstić information content (AvgIpc) is 3.44. The Morgan fingerprint density at radius 2 is 1.94 bits per heavy atom. The highest BCUT2D eigenvalue weighted by Gasteiger charge is 2.32. The van der Waals surface area contributed by atoms with Crippen molar-refractivity contribution in [2.24, 2.45) is 0 Å². The van der Waals surface area contributed by atoms with Crippen LogP contribution in [0.1, 0.15) is 27.2 Å². The Kier molecular flexibility index (Phi) is 6.17. The molecule has 2 aromatic heterocycles. The van der Waals surface area contributed by atoms with E-state index in [1.54, 1.807) is 29.2 Å². The fourth-order valence-electron chi connectivity index (χ4n) is 4.21. The smallest absolute Gasteiger partial charge is 0.268 e. The topological polar surface area (TPSA) is 78.1 Å². The number of aromatic amines is 1. The van der Waals surface area contributed by atoms with Crippen molar-refractivity contribution in [1.82, 2.24) is 20.2 Å². The van der Waals surface area contributed by atoms with Crippen LogP contribution in [-0.4, -0.2) is 32.7 Å². The molecule has 2 amide bonds. The van der Waals surface area contributed by atoms with E-state index in [0.29, 0.717) is 27.6 Å². The van der Waals surface area contributed by atoms with Crippen molar-refractivity contribution in [3.63, 3.8) is 0 Å². The summed E-state index contributed by atoms with van der Waals surface area (Å²) in [7, 11) is 0. The molecule has 0 saturated carbocycles. The lowest BCUT2D eigenvalue weighted by atomic mass is 10.0. The van der Waals surface area contributed by atoms with Gasteiger partial charge in [-0.15, -0.1) is 0 Å². The van der Waals surface area contributed by atoms with Crippen molar-refractivity contribution < 1.29 is 18.4 Å². The second-order valence-corrected chi connectivity index (χ2v) is 9.16. The minimum Gasteiger partial charge on any atom is -0.339 e. The molecule has 4 aromatic rings. The third kappa shape index (κ3) is 4.72. The third-order valence-electron chi connectivity index (χ3n) is 5.96. The highest BCUT2D eigenvalue weighted by molar-refractivity contribution is 6.31. The zero-order valence-corrected chi connectivity index (χ0v) is 19.6. The molecule has 2 aromatic carbocycles. The molecule has 1 atom stereocenters. The minimum atomic E-state index is -1.11. The average molecular weight is 515 g/mol. The number of rotatable bonds is 5. The third-order valence-corrected chi connectivity index (χ3v) is 6.52. The molecule has 1 aliphatic rings. The molecule has 0 aliphatic carbocycles. The van der Waals surface area contributed by atoms with Gasteiger partial charge in [0.25, 0.3) is 5.91 Å². The first-order chi connectivity index (χ1) is 16.8. The van der Waals surface area contributed by atoms with E-state index in [1.807, 2.05) is 6.07 Å². The second kappa shape index (κ2) is 9.28. The number of aromatic nitrogens is 2. The molecule has 0 saturated heterocycles. The van der Waals surface area contributed by atoms with Crippen LogP contribution in [0.15, 0.2) is 54.7 Å². The SMILES string of the molecule is O=C(N[C@@H](Cc1ccc(F)cc1F)C(=O)N1Cc2cccc(Cl)c2C1)c1cc2cc(Cl)cnc2[nH]1. The number of halogens is 4. The summed E-state index contributed by atoms with van der Waals surface area (Å²) in [6.07, 6.45) is 1.28. The molecule has 1 aliphatic heterocycles. The van der Waals surface area contributed by atoms with Crippen LogP contribution in [0.4, 0.5) is 8.78 Å². The van der Waals surface area contributed by atoms with Crippen LogP contribution in [0.2, 0.25) is 10.0 Å². The van der Waals surface area contributed by atoms with Crippen molar-refractivity contribution >= 4 is 46.0 Å². The molecule has 6 nitrogen and oxygen atoms in total. The van der Waals surface area contributed by atoms with Crippen molar-refractivity contribution in [2.45, 2.75) is 25.6 Å². The number of nitrogens with zero attached hydrogens (tertiary/aromatic N) is 2. The van der Waals surface area contributed by atoms with Gasteiger partial charge in [-0.1, -0.05) is 41.4 Å². The molecule has 2 N–H and O–H groups in total. The molecule has 10 heteroatoms. The summed E-state index contributed by atoms with van der Waals surface area (Å²) >= 11 is 12.3. The van der Waals surface area contributed by atoms with E-state index in [-0.39, 0.29) is 24.2 Å². The number of carbonyl (C=O) groups is 2. The van der Waals surface area contributed by atoms with Crippen LogP contribution < -0.4 is 5.32 Å². The van der Waals surface area contributed by atoms with Gasteiger partial charge in [-0.25, -0.2) is 13.8 Å². The first kappa shape index (κ1) is 23.3. The molecule has 178 valence electrons. The lowest BCUT2D eigenvalue weighted by Gasteiger charge is -2.24. The van der Waals surface area contributed by atoms with E-state index in [1.165, 1.54) is 12.3 Å². The molecular formula is C25H18Cl2F2N4O2. The molecular weight excluding hydrogens is 497 g/mol. The monoisotopic (exact) mass is 514 g/mol. The zero-order chi connectivity index (χ0) is 24.7. The number of H-pyrrole nitrogens is 1. The van der Waals surface area contributed by atoms with Crippen LogP contribution >= 0.6 is 23.2 Å². The van der Waals surface area contributed by atoms with Crippen LogP contribution in [0.5, 0.6) is 0 Å². The van der Waals surface area contributed by atoms with E-state index in [9.17, 15) is 18.4 Å². The molecule has 35 heavy (non-hydrogen) atoms. The number of benzene rings is 2. The maximum Gasteiger partial charge on any atom is 0.268 e. The predicted octanol–water partition coefficient (Wildman–Crippen LogP) is 5.03. The summed E-state index contributed by atoms with van der Waals surface area (Å²) in [4.78, 5) is 35.2. The number of nitrogens with one attached hydrogen (secondary N) is 2. The number of amides is 2. The predicted molar refractivity (Wildman–Crippen MR) is 128 cm³/mol. The van der Waals surface area contributed by atoms with Gasteiger partial charge >= 0.3 is 0 Å². The Hall–Kier alpha value is -3.49. The van der Waals surface area contributed by atoms with Gasteiger partial charge in [0, 0.05) is 42.2 Å². The van der Waals surface area contributed by atoms with E-state index in [0.717, 1.165) is 23.3 Å². The largest absolute Gasteiger partial charge is 0.339 e.